The van der Waals surface area contributed by atoms with E-state index < -0.39 is 7.53 Å². The molecule has 102 valence electrons. The summed E-state index contributed by atoms with van der Waals surface area (Å²) in [4.78, 5) is 0. The Balaban J connectivity index is 2.24. The van der Waals surface area contributed by atoms with Crippen LogP contribution in [0.25, 0.3) is 26.3 Å². The second kappa shape index (κ2) is 4.76. The Bertz CT molecular complexity index is 946. The Kier molecular flexibility index (Phi) is 2.87. The minimum absolute atomic E-state index is 0.401. The molecule has 0 aliphatic carbocycles. The number of aryl methyl sites for hydroxylation is 2. The molecule has 0 saturated heterocycles. The quantitative estimate of drug-likeness (QED) is 0.371. The molecule has 1 aromatic heterocycles. The molecule has 0 nitrogen and oxygen atoms in total. The Morgan fingerprint density at radius 3 is 2.10 bits per heavy atom. The molecular formula is C20H17P. The zero-order valence-corrected chi connectivity index (χ0v) is 13.2. The SMILES string of the molecule is Cc1cc2c3ccccc3p(-c3ccccc3)c2cc1C. The second-order valence-electron chi connectivity index (χ2n) is 5.64. The lowest BCUT2D eigenvalue weighted by atomic mass is 10.1. The molecule has 4 rings (SSSR count). The number of hydrogen-bond acceptors (Lipinski definition) is 0. The van der Waals surface area contributed by atoms with Crippen molar-refractivity contribution in [1.82, 2.24) is 0 Å². The Morgan fingerprint density at radius 1 is 0.619 bits per heavy atom. The van der Waals surface area contributed by atoms with Crippen molar-refractivity contribution < 1.29 is 0 Å². The first kappa shape index (κ1) is 12.7. The van der Waals surface area contributed by atoms with Crippen molar-refractivity contribution in [3.8, 4) is 5.30 Å². The fraction of sp³-hybridized carbons (Fsp3) is 0.100. The van der Waals surface area contributed by atoms with Gasteiger partial charge in [-0.2, -0.15) is 0 Å². The average molecular weight is 288 g/mol. The summed E-state index contributed by atoms with van der Waals surface area (Å²) in [5.74, 6) is 0. The lowest BCUT2D eigenvalue weighted by Gasteiger charge is -2.05. The zero-order chi connectivity index (χ0) is 14.4. The van der Waals surface area contributed by atoms with Crippen LogP contribution in [0.3, 0.4) is 0 Å². The van der Waals surface area contributed by atoms with Crippen molar-refractivity contribution in [1.29, 1.82) is 0 Å². The van der Waals surface area contributed by atoms with Gasteiger partial charge in [0.15, 0.2) is 0 Å². The summed E-state index contributed by atoms with van der Waals surface area (Å²) in [6, 6.07) is 24.6. The summed E-state index contributed by atoms with van der Waals surface area (Å²) >= 11 is 0. The van der Waals surface area contributed by atoms with Gasteiger partial charge in [0.05, 0.1) is 0 Å². The van der Waals surface area contributed by atoms with Gasteiger partial charge in [-0.1, -0.05) is 68.2 Å². The number of fused-ring (bicyclic) bond motifs is 3. The van der Waals surface area contributed by atoms with E-state index in [1.54, 1.807) is 0 Å². The molecule has 0 aliphatic rings. The standard InChI is InChI=1S/C20H17P/c1-14-12-18-17-10-6-7-11-19(17)21(20(18)13-15(14)2)16-8-4-3-5-9-16/h3-13H,1-2H3. The summed E-state index contributed by atoms with van der Waals surface area (Å²) in [6.45, 7) is 4.43. The highest BCUT2D eigenvalue weighted by Gasteiger charge is 2.13. The highest BCUT2D eigenvalue weighted by atomic mass is 31.1. The predicted octanol–water partition coefficient (Wildman–Crippen LogP) is 6.59. The van der Waals surface area contributed by atoms with E-state index in [9.17, 15) is 0 Å². The predicted molar refractivity (Wildman–Crippen MR) is 95.0 cm³/mol. The largest absolute Gasteiger partial charge is 0.0772 e. The van der Waals surface area contributed by atoms with E-state index in [4.69, 9.17) is 0 Å². The van der Waals surface area contributed by atoms with Crippen LogP contribution in [0.2, 0.25) is 0 Å². The average Bonchev–Trinajstić information content (AvgIpc) is 2.82. The first-order chi connectivity index (χ1) is 10.3. The molecule has 0 saturated carbocycles. The maximum absolute atomic E-state index is 2.41. The Morgan fingerprint density at radius 2 is 1.29 bits per heavy atom. The van der Waals surface area contributed by atoms with Crippen molar-refractivity contribution in [2.45, 2.75) is 13.8 Å². The fourth-order valence-corrected chi connectivity index (χ4v) is 5.79. The van der Waals surface area contributed by atoms with Gasteiger partial charge in [0.25, 0.3) is 0 Å². The molecule has 0 bridgehead atoms. The lowest BCUT2D eigenvalue weighted by Crippen LogP contribution is -1.78. The molecule has 0 spiro atoms. The monoisotopic (exact) mass is 288 g/mol. The molecule has 0 radical (unpaired) electrons. The van der Waals surface area contributed by atoms with E-state index in [-0.39, 0.29) is 0 Å². The fourth-order valence-electron chi connectivity index (χ4n) is 3.08. The maximum Gasteiger partial charge on any atom is 0.00711 e. The first-order valence-electron chi connectivity index (χ1n) is 7.31. The van der Waals surface area contributed by atoms with Crippen molar-refractivity contribution in [2.75, 3.05) is 0 Å². The third kappa shape index (κ3) is 1.91. The number of hydrogen-bond donors (Lipinski definition) is 0. The summed E-state index contributed by atoms with van der Waals surface area (Å²) in [5, 5.41) is 7.32. The van der Waals surface area contributed by atoms with Crippen LogP contribution in [0.5, 0.6) is 0 Å². The molecule has 1 heterocycles. The van der Waals surface area contributed by atoms with Gasteiger partial charge in [-0.05, 0) is 47.1 Å². The maximum atomic E-state index is 2.41. The van der Waals surface area contributed by atoms with Crippen LogP contribution in [0.15, 0.2) is 66.7 Å². The minimum atomic E-state index is -0.401. The third-order valence-corrected chi connectivity index (χ3v) is 6.84. The van der Waals surface area contributed by atoms with Crippen molar-refractivity contribution >= 4 is 28.5 Å². The molecule has 0 aliphatic heterocycles. The summed E-state index contributed by atoms with van der Waals surface area (Å²) in [5.41, 5.74) is 2.78. The molecule has 1 atom stereocenters. The lowest BCUT2D eigenvalue weighted by molar-refractivity contribution is 1.37. The normalized spacial score (nSPS) is 12.2. The minimum Gasteiger partial charge on any atom is -0.0772 e. The summed E-state index contributed by atoms with van der Waals surface area (Å²) < 4.78 is 0. The van der Waals surface area contributed by atoms with E-state index in [1.807, 2.05) is 0 Å². The highest BCUT2D eigenvalue weighted by Crippen LogP contribution is 2.55. The first-order valence-corrected chi connectivity index (χ1v) is 8.66. The van der Waals surface area contributed by atoms with Crippen molar-refractivity contribution in [2.24, 2.45) is 0 Å². The second-order valence-corrected chi connectivity index (χ2v) is 7.79. The van der Waals surface area contributed by atoms with Gasteiger partial charge >= 0.3 is 0 Å². The molecule has 4 aromatic rings. The van der Waals surface area contributed by atoms with Crippen LogP contribution in [-0.4, -0.2) is 0 Å². The van der Waals surface area contributed by atoms with E-state index in [0.29, 0.717) is 0 Å². The molecule has 0 amide bonds. The van der Waals surface area contributed by atoms with Gasteiger partial charge in [-0.3, -0.25) is 0 Å². The molecular weight excluding hydrogens is 271 g/mol. The molecule has 0 N–H and O–H groups in total. The van der Waals surface area contributed by atoms with Crippen molar-refractivity contribution in [3.05, 3.63) is 77.9 Å². The van der Waals surface area contributed by atoms with Crippen LogP contribution in [0.1, 0.15) is 11.1 Å². The molecule has 0 fully saturated rings. The van der Waals surface area contributed by atoms with Gasteiger partial charge < -0.3 is 0 Å². The zero-order valence-electron chi connectivity index (χ0n) is 12.3. The number of rotatable bonds is 1. The van der Waals surface area contributed by atoms with Crippen LogP contribution in [0.4, 0.5) is 0 Å². The smallest absolute Gasteiger partial charge is 0.00711 e. The van der Waals surface area contributed by atoms with Crippen LogP contribution >= 0.6 is 7.53 Å². The topological polar surface area (TPSA) is 0 Å². The van der Waals surface area contributed by atoms with E-state index in [0.717, 1.165) is 0 Å². The molecule has 21 heavy (non-hydrogen) atoms. The number of benzene rings is 3. The van der Waals surface area contributed by atoms with Gasteiger partial charge in [-0.15, -0.1) is 0 Å². The Hall–Kier alpha value is -2.04. The van der Waals surface area contributed by atoms with E-state index >= 15 is 0 Å². The molecule has 1 heteroatoms. The summed E-state index contributed by atoms with van der Waals surface area (Å²) in [6.07, 6.45) is 0. The van der Waals surface area contributed by atoms with Crippen molar-refractivity contribution in [3.63, 3.8) is 0 Å². The van der Waals surface area contributed by atoms with Gasteiger partial charge in [0, 0.05) is 10.2 Å². The molecule has 3 aromatic carbocycles. The van der Waals surface area contributed by atoms with Gasteiger partial charge in [0.2, 0.25) is 0 Å². The van der Waals surface area contributed by atoms with Gasteiger partial charge in [-0.25, -0.2) is 0 Å². The summed E-state index contributed by atoms with van der Waals surface area (Å²) in [7, 11) is -0.401. The Labute approximate surface area is 126 Å². The van der Waals surface area contributed by atoms with Crippen LogP contribution < -0.4 is 0 Å². The van der Waals surface area contributed by atoms with E-state index in [1.165, 1.54) is 37.4 Å². The highest BCUT2D eigenvalue weighted by molar-refractivity contribution is 7.67. The van der Waals surface area contributed by atoms with Crippen LogP contribution in [0, 0.1) is 13.8 Å². The third-order valence-electron chi connectivity index (χ3n) is 4.30. The molecule has 1 unspecified atom stereocenters. The van der Waals surface area contributed by atoms with E-state index in [2.05, 4.69) is 80.6 Å². The van der Waals surface area contributed by atoms with Crippen LogP contribution in [-0.2, 0) is 0 Å². The van der Waals surface area contributed by atoms with Gasteiger partial charge in [0.1, 0.15) is 0 Å².